The van der Waals surface area contributed by atoms with Gasteiger partial charge in [-0.25, -0.2) is 8.78 Å². The van der Waals surface area contributed by atoms with Gasteiger partial charge in [-0.3, -0.25) is 4.79 Å². The second-order valence-electron chi connectivity index (χ2n) is 4.79. The summed E-state index contributed by atoms with van der Waals surface area (Å²) in [4.78, 5) is 12.0. The number of nitrogens with one attached hydrogen (secondary N) is 1. The van der Waals surface area contributed by atoms with Crippen LogP contribution in [-0.4, -0.2) is 12.5 Å². The maximum Gasteiger partial charge on any atom is 0.257 e. The monoisotopic (exact) mass is 305 g/mol. The van der Waals surface area contributed by atoms with Crippen molar-refractivity contribution in [3.8, 4) is 5.75 Å². The number of benzene rings is 2. The SMILES string of the molecule is CCOc1ccc([C@@H](C)NC(=O)c2c(F)cccc2F)cc1. The summed E-state index contributed by atoms with van der Waals surface area (Å²) in [5.41, 5.74) is 0.244. The highest BCUT2D eigenvalue weighted by Gasteiger charge is 2.19. The molecule has 2 aromatic rings. The van der Waals surface area contributed by atoms with Crippen LogP contribution in [0.2, 0.25) is 0 Å². The summed E-state index contributed by atoms with van der Waals surface area (Å²) in [5.74, 6) is -1.81. The molecule has 2 aromatic carbocycles. The Morgan fingerprint density at radius 1 is 1.14 bits per heavy atom. The van der Waals surface area contributed by atoms with Crippen LogP contribution in [0.25, 0.3) is 0 Å². The van der Waals surface area contributed by atoms with Crippen LogP contribution in [0, 0.1) is 11.6 Å². The van der Waals surface area contributed by atoms with Gasteiger partial charge in [0.25, 0.3) is 5.91 Å². The van der Waals surface area contributed by atoms with Gasteiger partial charge in [0.05, 0.1) is 12.6 Å². The Labute approximate surface area is 127 Å². The minimum atomic E-state index is -0.878. The first-order valence-corrected chi connectivity index (χ1v) is 7.00. The van der Waals surface area contributed by atoms with Crippen molar-refractivity contribution in [1.82, 2.24) is 5.32 Å². The van der Waals surface area contributed by atoms with Crippen molar-refractivity contribution in [3.05, 3.63) is 65.2 Å². The van der Waals surface area contributed by atoms with Gasteiger partial charge in [0.15, 0.2) is 0 Å². The van der Waals surface area contributed by atoms with Crippen molar-refractivity contribution < 1.29 is 18.3 Å². The fourth-order valence-electron chi connectivity index (χ4n) is 2.09. The van der Waals surface area contributed by atoms with Crippen LogP contribution in [0.4, 0.5) is 8.78 Å². The number of ether oxygens (including phenoxy) is 1. The summed E-state index contributed by atoms with van der Waals surface area (Å²) in [6.45, 7) is 4.20. The number of carbonyl (C=O) groups excluding carboxylic acids is 1. The minimum Gasteiger partial charge on any atom is -0.494 e. The van der Waals surface area contributed by atoms with E-state index < -0.39 is 23.1 Å². The second kappa shape index (κ2) is 7.02. The largest absolute Gasteiger partial charge is 0.494 e. The molecule has 0 fully saturated rings. The van der Waals surface area contributed by atoms with E-state index in [-0.39, 0.29) is 6.04 Å². The van der Waals surface area contributed by atoms with E-state index in [1.807, 2.05) is 6.92 Å². The van der Waals surface area contributed by atoms with Gasteiger partial charge in [0, 0.05) is 0 Å². The molecule has 22 heavy (non-hydrogen) atoms. The molecule has 0 aliphatic carbocycles. The molecule has 2 rings (SSSR count). The quantitative estimate of drug-likeness (QED) is 0.911. The zero-order chi connectivity index (χ0) is 16.1. The number of hydrogen-bond acceptors (Lipinski definition) is 2. The number of halogens is 2. The average Bonchev–Trinajstić information content (AvgIpc) is 2.48. The van der Waals surface area contributed by atoms with Crippen LogP contribution in [0.1, 0.15) is 35.8 Å². The maximum absolute atomic E-state index is 13.6. The molecule has 0 unspecified atom stereocenters. The van der Waals surface area contributed by atoms with E-state index in [0.29, 0.717) is 6.61 Å². The van der Waals surface area contributed by atoms with Crippen molar-refractivity contribution in [2.24, 2.45) is 0 Å². The Hall–Kier alpha value is -2.43. The zero-order valence-electron chi connectivity index (χ0n) is 12.4. The van der Waals surface area contributed by atoms with Crippen LogP contribution in [0.15, 0.2) is 42.5 Å². The summed E-state index contributed by atoms with van der Waals surface area (Å²) in [6, 6.07) is 10.1. The van der Waals surface area contributed by atoms with Crippen LogP contribution < -0.4 is 10.1 Å². The number of hydrogen-bond donors (Lipinski definition) is 1. The molecule has 0 bridgehead atoms. The van der Waals surface area contributed by atoms with Gasteiger partial charge in [-0.1, -0.05) is 18.2 Å². The molecule has 116 valence electrons. The van der Waals surface area contributed by atoms with Crippen molar-refractivity contribution in [3.63, 3.8) is 0 Å². The van der Waals surface area contributed by atoms with E-state index >= 15 is 0 Å². The van der Waals surface area contributed by atoms with Gasteiger partial charge < -0.3 is 10.1 Å². The Morgan fingerprint density at radius 2 is 1.73 bits per heavy atom. The molecule has 0 spiro atoms. The van der Waals surface area contributed by atoms with Gasteiger partial charge in [-0.2, -0.15) is 0 Å². The molecule has 0 saturated carbocycles. The number of carbonyl (C=O) groups is 1. The smallest absolute Gasteiger partial charge is 0.257 e. The lowest BCUT2D eigenvalue weighted by Gasteiger charge is -2.15. The molecule has 0 aromatic heterocycles. The highest BCUT2D eigenvalue weighted by Crippen LogP contribution is 2.19. The molecule has 1 amide bonds. The standard InChI is InChI=1S/C17H17F2NO2/c1-3-22-13-9-7-12(8-10-13)11(2)20-17(21)16-14(18)5-4-6-15(16)19/h4-11H,3H2,1-2H3,(H,20,21)/t11-/m1/s1. The first kappa shape index (κ1) is 15.9. The van der Waals surface area contributed by atoms with E-state index in [1.165, 1.54) is 6.07 Å². The third kappa shape index (κ3) is 3.61. The van der Waals surface area contributed by atoms with E-state index in [0.717, 1.165) is 23.4 Å². The third-order valence-corrected chi connectivity index (χ3v) is 3.23. The zero-order valence-corrected chi connectivity index (χ0v) is 12.4. The predicted octanol–water partition coefficient (Wildman–Crippen LogP) is 3.85. The first-order valence-electron chi connectivity index (χ1n) is 7.00. The maximum atomic E-state index is 13.6. The molecule has 1 atom stereocenters. The molecule has 5 heteroatoms. The highest BCUT2D eigenvalue weighted by molar-refractivity contribution is 5.95. The van der Waals surface area contributed by atoms with Gasteiger partial charge in [-0.15, -0.1) is 0 Å². The molecule has 0 heterocycles. The highest BCUT2D eigenvalue weighted by atomic mass is 19.1. The lowest BCUT2D eigenvalue weighted by Crippen LogP contribution is -2.28. The lowest BCUT2D eigenvalue weighted by molar-refractivity contribution is 0.0931. The van der Waals surface area contributed by atoms with E-state index in [4.69, 9.17) is 4.74 Å². The van der Waals surface area contributed by atoms with Gasteiger partial charge in [0.1, 0.15) is 22.9 Å². The number of rotatable bonds is 5. The van der Waals surface area contributed by atoms with E-state index in [9.17, 15) is 13.6 Å². The molecular weight excluding hydrogens is 288 g/mol. The summed E-state index contributed by atoms with van der Waals surface area (Å²) in [6.07, 6.45) is 0. The fraction of sp³-hybridized carbons (Fsp3) is 0.235. The molecular formula is C17H17F2NO2. The Morgan fingerprint density at radius 3 is 2.27 bits per heavy atom. The summed E-state index contributed by atoms with van der Waals surface area (Å²) >= 11 is 0. The molecule has 0 aliphatic heterocycles. The fourth-order valence-corrected chi connectivity index (χ4v) is 2.09. The van der Waals surface area contributed by atoms with Crippen LogP contribution >= 0.6 is 0 Å². The van der Waals surface area contributed by atoms with Crippen molar-refractivity contribution in [2.45, 2.75) is 19.9 Å². The average molecular weight is 305 g/mol. The van der Waals surface area contributed by atoms with E-state index in [2.05, 4.69) is 5.32 Å². The lowest BCUT2D eigenvalue weighted by atomic mass is 10.1. The molecule has 0 radical (unpaired) electrons. The topological polar surface area (TPSA) is 38.3 Å². The van der Waals surface area contributed by atoms with Crippen LogP contribution in [-0.2, 0) is 0 Å². The van der Waals surface area contributed by atoms with Gasteiger partial charge in [0.2, 0.25) is 0 Å². The third-order valence-electron chi connectivity index (χ3n) is 3.23. The predicted molar refractivity (Wildman–Crippen MR) is 79.9 cm³/mol. The molecule has 0 saturated heterocycles. The van der Waals surface area contributed by atoms with Crippen LogP contribution in [0.5, 0.6) is 5.75 Å². The Bertz CT molecular complexity index is 636. The molecule has 1 N–H and O–H groups in total. The minimum absolute atomic E-state index is 0.387. The Kier molecular flexibility index (Phi) is 5.09. The normalized spacial score (nSPS) is 11.8. The molecule has 0 aliphatic rings. The van der Waals surface area contributed by atoms with Gasteiger partial charge >= 0.3 is 0 Å². The van der Waals surface area contributed by atoms with Gasteiger partial charge in [-0.05, 0) is 43.7 Å². The number of amides is 1. The summed E-state index contributed by atoms with van der Waals surface area (Å²) in [7, 11) is 0. The van der Waals surface area contributed by atoms with E-state index in [1.54, 1.807) is 31.2 Å². The summed E-state index contributed by atoms with van der Waals surface area (Å²) < 4.78 is 32.5. The second-order valence-corrected chi connectivity index (χ2v) is 4.79. The van der Waals surface area contributed by atoms with Crippen molar-refractivity contribution in [1.29, 1.82) is 0 Å². The Balaban J connectivity index is 2.11. The first-order chi connectivity index (χ1) is 10.5. The van der Waals surface area contributed by atoms with Crippen molar-refractivity contribution >= 4 is 5.91 Å². The van der Waals surface area contributed by atoms with Crippen molar-refractivity contribution in [2.75, 3.05) is 6.61 Å². The van der Waals surface area contributed by atoms with Crippen LogP contribution in [0.3, 0.4) is 0 Å². The summed E-state index contributed by atoms with van der Waals surface area (Å²) in [5, 5.41) is 2.59. The molecule has 3 nitrogen and oxygen atoms in total.